The fraction of sp³-hybridized carbons (Fsp3) is 0.438. The van der Waals surface area contributed by atoms with Gasteiger partial charge >= 0.3 is 6.09 Å². The van der Waals surface area contributed by atoms with Gasteiger partial charge in [0.05, 0.1) is 11.5 Å². The van der Waals surface area contributed by atoms with Crippen LogP contribution in [-0.4, -0.2) is 47.3 Å². The van der Waals surface area contributed by atoms with E-state index in [4.69, 9.17) is 4.74 Å². The molecule has 1 aliphatic heterocycles. The number of para-hydroxylation sites is 1. The summed E-state index contributed by atoms with van der Waals surface area (Å²) in [6.45, 7) is 6.82. The Labute approximate surface area is 152 Å². The maximum Gasteiger partial charge on any atom is 0.414 e. The first kappa shape index (κ1) is 19.7. The second kappa shape index (κ2) is 6.94. The van der Waals surface area contributed by atoms with Crippen LogP contribution in [0.5, 0.6) is 0 Å². The summed E-state index contributed by atoms with van der Waals surface area (Å²) in [5.74, 6) is 0. The number of benzene rings is 1. The molecule has 1 amide bonds. The van der Waals surface area contributed by atoms with E-state index in [0.29, 0.717) is 5.70 Å². The van der Waals surface area contributed by atoms with E-state index in [0.717, 1.165) is 10.4 Å². The third-order valence-corrected chi connectivity index (χ3v) is 5.37. The highest BCUT2D eigenvalue weighted by Crippen LogP contribution is 2.28. The van der Waals surface area contributed by atoms with E-state index in [2.05, 4.69) is 0 Å². The zero-order valence-electron chi connectivity index (χ0n) is 15.0. The van der Waals surface area contributed by atoms with Gasteiger partial charge in [-0.1, -0.05) is 12.1 Å². The minimum atomic E-state index is -4.12. The number of carbonyl (C=O) groups excluding carboxylic acids is 1. The van der Waals surface area contributed by atoms with Crippen molar-refractivity contribution >= 4 is 21.8 Å². The molecule has 0 radical (unpaired) electrons. The van der Waals surface area contributed by atoms with Crippen molar-refractivity contribution in [2.75, 3.05) is 13.1 Å². The van der Waals surface area contributed by atoms with Crippen molar-refractivity contribution < 1.29 is 22.9 Å². The van der Waals surface area contributed by atoms with Gasteiger partial charge in [0.1, 0.15) is 5.60 Å². The third kappa shape index (κ3) is 4.13. The molecule has 142 valence electrons. The Morgan fingerprint density at radius 2 is 1.85 bits per heavy atom. The summed E-state index contributed by atoms with van der Waals surface area (Å²) >= 11 is 0. The van der Waals surface area contributed by atoms with Crippen LogP contribution in [-0.2, 0) is 14.8 Å². The Bertz CT molecular complexity index is 857. The SMILES string of the molecule is CC1=CN(S(=O)(=O)c2ccccc2[N+](=O)[O-])CCN1C(=O)OC(C)(C)C. The molecule has 0 saturated heterocycles. The zero-order chi connectivity index (χ0) is 19.7. The number of hydrogen-bond acceptors (Lipinski definition) is 6. The van der Waals surface area contributed by atoms with E-state index in [-0.39, 0.29) is 18.0 Å². The first-order valence-electron chi connectivity index (χ1n) is 7.88. The molecule has 0 atom stereocenters. The molecule has 2 rings (SSSR count). The monoisotopic (exact) mass is 383 g/mol. The van der Waals surface area contributed by atoms with Crippen molar-refractivity contribution in [3.63, 3.8) is 0 Å². The molecule has 26 heavy (non-hydrogen) atoms. The molecule has 1 heterocycles. The standard InChI is InChI=1S/C16H21N3O6S/c1-12-11-17(9-10-18(12)15(20)25-16(2,3)4)26(23,24)14-8-6-5-7-13(14)19(21)22/h5-8,11H,9-10H2,1-4H3. The topological polar surface area (TPSA) is 110 Å². The third-order valence-electron chi connectivity index (χ3n) is 3.56. The van der Waals surface area contributed by atoms with Crippen LogP contribution < -0.4 is 0 Å². The van der Waals surface area contributed by atoms with Gasteiger partial charge in [0.15, 0.2) is 4.90 Å². The Morgan fingerprint density at radius 3 is 2.38 bits per heavy atom. The van der Waals surface area contributed by atoms with Gasteiger partial charge in [-0.15, -0.1) is 0 Å². The summed E-state index contributed by atoms with van der Waals surface area (Å²) in [5.41, 5.74) is -0.800. The Hall–Kier alpha value is -2.62. The lowest BCUT2D eigenvalue weighted by Gasteiger charge is -2.34. The van der Waals surface area contributed by atoms with Gasteiger partial charge in [-0.25, -0.2) is 13.2 Å². The highest BCUT2D eigenvalue weighted by Gasteiger charge is 2.34. The number of nitro benzene ring substituents is 1. The maximum atomic E-state index is 12.8. The molecule has 0 aliphatic carbocycles. The fourth-order valence-electron chi connectivity index (χ4n) is 2.41. The summed E-state index contributed by atoms with van der Waals surface area (Å²) in [4.78, 5) is 23.5. The number of rotatable bonds is 3. The molecular weight excluding hydrogens is 362 g/mol. The van der Waals surface area contributed by atoms with Crippen molar-refractivity contribution in [2.24, 2.45) is 0 Å². The Balaban J connectivity index is 2.32. The van der Waals surface area contributed by atoms with Crippen LogP contribution in [0.3, 0.4) is 0 Å². The van der Waals surface area contributed by atoms with Crippen molar-refractivity contribution in [1.29, 1.82) is 0 Å². The lowest BCUT2D eigenvalue weighted by atomic mass is 10.2. The molecule has 0 fully saturated rings. The van der Waals surface area contributed by atoms with E-state index >= 15 is 0 Å². The predicted octanol–water partition coefficient (Wildman–Crippen LogP) is 2.70. The first-order chi connectivity index (χ1) is 11.9. The quantitative estimate of drug-likeness (QED) is 0.586. The molecule has 0 bridgehead atoms. The summed E-state index contributed by atoms with van der Waals surface area (Å²) in [6.07, 6.45) is 0.702. The average Bonchev–Trinajstić information content (AvgIpc) is 2.52. The number of carbonyl (C=O) groups is 1. The van der Waals surface area contributed by atoms with Crippen molar-refractivity contribution in [2.45, 2.75) is 38.2 Å². The van der Waals surface area contributed by atoms with Crippen molar-refractivity contribution in [3.8, 4) is 0 Å². The summed E-state index contributed by atoms with van der Waals surface area (Å²) in [6, 6.07) is 5.16. The van der Waals surface area contributed by atoms with E-state index in [1.54, 1.807) is 27.7 Å². The van der Waals surface area contributed by atoms with Crippen LogP contribution in [0.15, 0.2) is 41.1 Å². The molecule has 1 aromatic rings. The number of hydrogen-bond donors (Lipinski definition) is 0. The molecule has 0 saturated carbocycles. The van der Waals surface area contributed by atoms with E-state index in [1.807, 2.05) is 0 Å². The second-order valence-corrected chi connectivity index (χ2v) is 8.60. The minimum absolute atomic E-state index is 0.0367. The van der Waals surface area contributed by atoms with E-state index < -0.39 is 32.3 Å². The van der Waals surface area contributed by atoms with Gasteiger partial charge in [0, 0.05) is 24.5 Å². The first-order valence-corrected chi connectivity index (χ1v) is 9.32. The smallest absolute Gasteiger partial charge is 0.414 e. The lowest BCUT2D eigenvalue weighted by molar-refractivity contribution is -0.387. The number of sulfonamides is 1. The van der Waals surface area contributed by atoms with Crippen LogP contribution in [0.4, 0.5) is 10.5 Å². The van der Waals surface area contributed by atoms with Crippen LogP contribution >= 0.6 is 0 Å². The predicted molar refractivity (Wildman–Crippen MR) is 93.7 cm³/mol. The number of nitro groups is 1. The molecule has 0 N–H and O–H groups in total. The van der Waals surface area contributed by atoms with Gasteiger partial charge in [-0.3, -0.25) is 19.3 Å². The van der Waals surface area contributed by atoms with Gasteiger partial charge in [0.25, 0.3) is 15.7 Å². The number of allylic oxidation sites excluding steroid dienone is 1. The van der Waals surface area contributed by atoms with Crippen LogP contribution in [0, 0.1) is 10.1 Å². The van der Waals surface area contributed by atoms with E-state index in [9.17, 15) is 23.3 Å². The molecule has 1 aromatic carbocycles. The van der Waals surface area contributed by atoms with Crippen molar-refractivity contribution in [1.82, 2.24) is 9.21 Å². The highest BCUT2D eigenvalue weighted by atomic mass is 32.2. The number of nitrogens with zero attached hydrogens (tertiary/aromatic N) is 3. The summed E-state index contributed by atoms with van der Waals surface area (Å²) in [5, 5.41) is 11.1. The Kier molecular flexibility index (Phi) is 5.26. The van der Waals surface area contributed by atoms with Gasteiger partial charge in [0.2, 0.25) is 0 Å². The lowest BCUT2D eigenvalue weighted by Crippen LogP contribution is -2.44. The van der Waals surface area contributed by atoms with Gasteiger partial charge < -0.3 is 4.74 Å². The molecule has 0 spiro atoms. The molecule has 9 nitrogen and oxygen atoms in total. The second-order valence-electron chi connectivity index (χ2n) is 6.74. The summed E-state index contributed by atoms with van der Waals surface area (Å²) < 4.78 is 31.9. The van der Waals surface area contributed by atoms with Gasteiger partial charge in [-0.2, -0.15) is 0 Å². The largest absolute Gasteiger partial charge is 0.443 e. The van der Waals surface area contributed by atoms with Crippen LogP contribution in [0.2, 0.25) is 0 Å². The molecule has 10 heteroatoms. The zero-order valence-corrected chi connectivity index (χ0v) is 15.8. The van der Waals surface area contributed by atoms with Crippen LogP contribution in [0.25, 0.3) is 0 Å². The minimum Gasteiger partial charge on any atom is -0.443 e. The van der Waals surface area contributed by atoms with Gasteiger partial charge in [-0.05, 0) is 33.8 Å². The number of ether oxygens (including phenoxy) is 1. The highest BCUT2D eigenvalue weighted by molar-refractivity contribution is 7.89. The van der Waals surface area contributed by atoms with Crippen LogP contribution in [0.1, 0.15) is 27.7 Å². The summed E-state index contributed by atoms with van der Waals surface area (Å²) in [7, 11) is -4.12. The molecule has 0 unspecified atom stereocenters. The fourth-order valence-corrected chi connectivity index (χ4v) is 3.94. The maximum absolute atomic E-state index is 12.8. The average molecular weight is 383 g/mol. The van der Waals surface area contributed by atoms with Crippen molar-refractivity contribution in [3.05, 3.63) is 46.3 Å². The molecular formula is C16H21N3O6S. The molecule has 0 aromatic heterocycles. The normalized spacial score (nSPS) is 15.5. The number of amides is 1. The van der Waals surface area contributed by atoms with E-state index in [1.165, 1.54) is 29.3 Å². The Morgan fingerprint density at radius 1 is 1.23 bits per heavy atom. The molecule has 1 aliphatic rings.